The highest BCUT2D eigenvalue weighted by Gasteiger charge is 2.35. The van der Waals surface area contributed by atoms with E-state index in [0.29, 0.717) is 16.7 Å². The number of nitro groups is 1. The number of hydrogen-bond donors (Lipinski definition) is 0. The van der Waals surface area contributed by atoms with Crippen LogP contribution in [0.4, 0.5) is 10.5 Å². The predicted octanol–water partition coefficient (Wildman–Crippen LogP) is 5.28. The molecule has 0 N–H and O–H groups in total. The number of carbonyl (C=O) groups excluding carboxylic acids is 2. The Hall–Kier alpha value is -4.42. The summed E-state index contributed by atoms with van der Waals surface area (Å²) in [6.07, 6.45) is 1.44. The van der Waals surface area contributed by atoms with Gasteiger partial charge in [-0.05, 0) is 46.7 Å². The summed E-state index contributed by atoms with van der Waals surface area (Å²) >= 11 is 0.750. The lowest BCUT2D eigenvalue weighted by Gasteiger charge is -2.13. The van der Waals surface area contributed by atoms with Crippen LogP contribution in [-0.4, -0.2) is 21.0 Å². The molecule has 0 aromatic heterocycles. The molecule has 0 unspecified atom stereocenters. The Morgan fingerprint density at radius 3 is 2.53 bits per heavy atom. The molecule has 0 bridgehead atoms. The fourth-order valence-corrected chi connectivity index (χ4v) is 4.19. The Labute approximate surface area is 199 Å². The zero-order valence-corrected chi connectivity index (χ0v) is 18.5. The number of benzene rings is 3. The zero-order chi connectivity index (χ0) is 24.1. The van der Waals surface area contributed by atoms with Gasteiger partial charge in [-0.25, -0.2) is 0 Å². The molecule has 168 valence electrons. The lowest BCUT2D eigenvalue weighted by molar-refractivity contribution is -0.386. The topological polar surface area (TPSA) is 114 Å². The maximum absolute atomic E-state index is 12.8. The van der Waals surface area contributed by atoms with E-state index in [9.17, 15) is 25.0 Å². The van der Waals surface area contributed by atoms with Crippen LogP contribution in [0.25, 0.3) is 6.08 Å². The van der Waals surface area contributed by atoms with Gasteiger partial charge in [0.15, 0.2) is 5.75 Å². The van der Waals surface area contributed by atoms with Gasteiger partial charge >= 0.3 is 5.69 Å². The monoisotopic (exact) mass is 471 g/mol. The highest BCUT2D eigenvalue weighted by molar-refractivity contribution is 8.18. The van der Waals surface area contributed by atoms with Crippen molar-refractivity contribution in [3.05, 3.63) is 110 Å². The molecule has 1 aliphatic rings. The first-order valence-electron chi connectivity index (χ1n) is 10.1. The number of rotatable bonds is 7. The van der Waals surface area contributed by atoms with Crippen LogP contribution in [0.15, 0.2) is 77.7 Å². The molecule has 1 saturated heterocycles. The van der Waals surface area contributed by atoms with Crippen LogP contribution in [0.3, 0.4) is 0 Å². The standard InChI is InChI=1S/C25H17N3O5S/c26-14-19-8-4-5-9-20(19)15-27-24(29)23(34-25(27)30)13-18-10-11-22(21(12-18)28(31)32)33-16-17-6-2-1-3-7-17/h1-13H,15-16H2/b23-13+. The number of amides is 2. The van der Waals surface area contributed by atoms with Gasteiger partial charge < -0.3 is 4.74 Å². The molecule has 8 nitrogen and oxygen atoms in total. The molecule has 3 aromatic carbocycles. The molecular weight excluding hydrogens is 454 g/mol. The normalized spacial score (nSPS) is 14.3. The number of nitrogens with zero attached hydrogens (tertiary/aromatic N) is 3. The Morgan fingerprint density at radius 1 is 1.06 bits per heavy atom. The molecular formula is C25H17N3O5S. The summed E-state index contributed by atoms with van der Waals surface area (Å²) in [5, 5.41) is 20.4. The minimum Gasteiger partial charge on any atom is -0.482 e. The summed E-state index contributed by atoms with van der Waals surface area (Å²) < 4.78 is 5.63. The summed E-state index contributed by atoms with van der Waals surface area (Å²) in [4.78, 5) is 37.5. The maximum Gasteiger partial charge on any atom is 0.311 e. The molecule has 1 heterocycles. The minimum atomic E-state index is -0.553. The van der Waals surface area contributed by atoms with Crippen molar-refractivity contribution in [3.8, 4) is 11.8 Å². The summed E-state index contributed by atoms with van der Waals surface area (Å²) in [6.45, 7) is 0.141. The van der Waals surface area contributed by atoms with Crippen molar-refractivity contribution in [1.29, 1.82) is 5.26 Å². The average Bonchev–Trinajstić information content (AvgIpc) is 3.11. The number of hydrogen-bond acceptors (Lipinski definition) is 7. The second-order valence-corrected chi connectivity index (χ2v) is 8.29. The first kappa shape index (κ1) is 22.8. The number of carbonyl (C=O) groups is 2. The minimum absolute atomic E-state index is 0.0296. The van der Waals surface area contributed by atoms with Gasteiger partial charge in [0.2, 0.25) is 0 Å². The van der Waals surface area contributed by atoms with Gasteiger partial charge in [0.25, 0.3) is 11.1 Å². The van der Waals surface area contributed by atoms with E-state index in [2.05, 4.69) is 0 Å². The smallest absolute Gasteiger partial charge is 0.311 e. The molecule has 4 rings (SSSR count). The molecule has 2 amide bonds. The molecule has 9 heteroatoms. The van der Waals surface area contributed by atoms with E-state index in [4.69, 9.17) is 4.74 Å². The van der Waals surface area contributed by atoms with E-state index in [1.54, 1.807) is 30.3 Å². The van der Waals surface area contributed by atoms with E-state index in [1.807, 2.05) is 36.4 Å². The van der Waals surface area contributed by atoms with Gasteiger partial charge in [0.05, 0.1) is 28.0 Å². The second-order valence-electron chi connectivity index (χ2n) is 7.30. The van der Waals surface area contributed by atoms with E-state index >= 15 is 0 Å². The zero-order valence-electron chi connectivity index (χ0n) is 17.7. The third-order valence-electron chi connectivity index (χ3n) is 5.05. The first-order chi connectivity index (χ1) is 16.5. The van der Waals surface area contributed by atoms with Crippen molar-refractivity contribution in [1.82, 2.24) is 4.90 Å². The largest absolute Gasteiger partial charge is 0.482 e. The van der Waals surface area contributed by atoms with Gasteiger partial charge in [-0.2, -0.15) is 5.26 Å². The molecule has 0 aliphatic carbocycles. The van der Waals surface area contributed by atoms with Gasteiger partial charge in [-0.1, -0.05) is 54.6 Å². The van der Waals surface area contributed by atoms with Crippen LogP contribution in [0, 0.1) is 21.4 Å². The fraction of sp³-hybridized carbons (Fsp3) is 0.0800. The van der Waals surface area contributed by atoms with Crippen LogP contribution >= 0.6 is 11.8 Å². The Balaban J connectivity index is 1.54. The van der Waals surface area contributed by atoms with Crippen LogP contribution in [0.2, 0.25) is 0 Å². The average molecular weight is 471 g/mol. The summed E-state index contributed by atoms with van der Waals surface area (Å²) in [6, 6.07) is 22.4. The quantitative estimate of drug-likeness (QED) is 0.262. The van der Waals surface area contributed by atoms with Crippen molar-refractivity contribution in [3.63, 3.8) is 0 Å². The highest BCUT2D eigenvalue weighted by atomic mass is 32.2. The van der Waals surface area contributed by atoms with Crippen LogP contribution in [0.1, 0.15) is 22.3 Å². The van der Waals surface area contributed by atoms with E-state index < -0.39 is 16.1 Å². The summed E-state index contributed by atoms with van der Waals surface area (Å²) in [7, 11) is 0. The van der Waals surface area contributed by atoms with Crippen LogP contribution in [-0.2, 0) is 17.9 Å². The first-order valence-corrected chi connectivity index (χ1v) is 11.0. The van der Waals surface area contributed by atoms with Gasteiger partial charge in [0, 0.05) is 6.07 Å². The lowest BCUT2D eigenvalue weighted by Crippen LogP contribution is -2.27. The fourth-order valence-electron chi connectivity index (χ4n) is 3.35. The lowest BCUT2D eigenvalue weighted by atomic mass is 10.1. The summed E-state index contributed by atoms with van der Waals surface area (Å²) in [5.74, 6) is -0.415. The number of nitro benzene ring substituents is 1. The number of nitriles is 1. The van der Waals surface area contributed by atoms with Gasteiger partial charge in [0.1, 0.15) is 6.61 Å². The number of imide groups is 1. The van der Waals surface area contributed by atoms with E-state index in [-0.39, 0.29) is 29.5 Å². The molecule has 0 atom stereocenters. The van der Waals surface area contributed by atoms with E-state index in [1.165, 1.54) is 18.2 Å². The molecule has 0 spiro atoms. The maximum atomic E-state index is 12.8. The Kier molecular flexibility index (Phi) is 6.71. The molecule has 1 aliphatic heterocycles. The Bertz CT molecular complexity index is 1350. The number of ether oxygens (including phenoxy) is 1. The van der Waals surface area contributed by atoms with Gasteiger partial charge in [-0.3, -0.25) is 24.6 Å². The third-order valence-corrected chi connectivity index (χ3v) is 5.96. The van der Waals surface area contributed by atoms with Crippen molar-refractivity contribution >= 4 is 34.7 Å². The van der Waals surface area contributed by atoms with Crippen molar-refractivity contribution in [2.45, 2.75) is 13.2 Å². The molecule has 1 fully saturated rings. The highest BCUT2D eigenvalue weighted by Crippen LogP contribution is 2.35. The van der Waals surface area contributed by atoms with Crippen molar-refractivity contribution < 1.29 is 19.2 Å². The van der Waals surface area contributed by atoms with Crippen LogP contribution in [0.5, 0.6) is 5.75 Å². The van der Waals surface area contributed by atoms with Gasteiger partial charge in [-0.15, -0.1) is 0 Å². The number of thioether (sulfide) groups is 1. The second kappa shape index (κ2) is 10.0. The molecule has 0 radical (unpaired) electrons. The molecule has 0 saturated carbocycles. The molecule has 34 heavy (non-hydrogen) atoms. The Morgan fingerprint density at radius 2 is 1.79 bits per heavy atom. The summed E-state index contributed by atoms with van der Waals surface area (Å²) in [5.41, 5.74) is 1.96. The van der Waals surface area contributed by atoms with Crippen LogP contribution < -0.4 is 4.74 Å². The third kappa shape index (κ3) is 4.98. The van der Waals surface area contributed by atoms with Crippen molar-refractivity contribution in [2.24, 2.45) is 0 Å². The SMILES string of the molecule is N#Cc1ccccc1CN1C(=O)S/C(=C/c2ccc(OCc3ccccc3)c([N+](=O)[O-])c2)C1=O. The molecule has 3 aromatic rings. The van der Waals surface area contributed by atoms with E-state index in [0.717, 1.165) is 22.2 Å². The predicted molar refractivity (Wildman–Crippen MR) is 127 cm³/mol. The van der Waals surface area contributed by atoms with Crippen molar-refractivity contribution in [2.75, 3.05) is 0 Å².